The van der Waals surface area contributed by atoms with Crippen LogP contribution in [0.1, 0.15) is 23.1 Å². The molecule has 0 aliphatic rings. The van der Waals surface area contributed by atoms with Gasteiger partial charge in [0, 0.05) is 6.42 Å². The fraction of sp³-hybridized carbons (Fsp3) is 0.235. The van der Waals surface area contributed by atoms with Crippen LogP contribution in [0.2, 0.25) is 0 Å². The molecule has 0 saturated heterocycles. The molecule has 0 aliphatic heterocycles. The zero-order valence-electron chi connectivity index (χ0n) is 11.6. The van der Waals surface area contributed by atoms with Crippen LogP contribution in [0.25, 0.3) is 10.2 Å². The first-order chi connectivity index (χ1) is 9.56. The normalized spacial score (nSPS) is 14.3. The second-order valence-corrected chi connectivity index (χ2v) is 6.46. The van der Waals surface area contributed by atoms with Gasteiger partial charge >= 0.3 is 0 Å². The van der Waals surface area contributed by atoms with Gasteiger partial charge in [0.2, 0.25) is 0 Å². The lowest BCUT2D eigenvalue weighted by molar-refractivity contribution is 0.0570. The van der Waals surface area contributed by atoms with Crippen LogP contribution in [0.5, 0.6) is 0 Å². The van der Waals surface area contributed by atoms with Crippen molar-refractivity contribution in [2.24, 2.45) is 0 Å². The molecule has 0 spiro atoms. The van der Waals surface area contributed by atoms with E-state index in [1.54, 1.807) is 11.3 Å². The third-order valence-electron chi connectivity index (χ3n) is 3.56. The third-order valence-corrected chi connectivity index (χ3v) is 4.60. The molecule has 3 heteroatoms. The summed E-state index contributed by atoms with van der Waals surface area (Å²) in [5, 5.41) is 11.8. The molecule has 0 fully saturated rings. The monoisotopic (exact) mass is 283 g/mol. The minimum Gasteiger partial charge on any atom is -0.385 e. The molecule has 0 bridgehead atoms. The summed E-state index contributed by atoms with van der Waals surface area (Å²) in [6, 6.07) is 16.1. The number of rotatable bonds is 3. The van der Waals surface area contributed by atoms with Gasteiger partial charge in [-0.05, 0) is 37.1 Å². The molecule has 2 nitrogen and oxygen atoms in total. The number of nitrogens with zero attached hydrogens (tertiary/aromatic N) is 1. The Morgan fingerprint density at radius 1 is 1.10 bits per heavy atom. The van der Waals surface area contributed by atoms with Gasteiger partial charge in [-0.2, -0.15) is 0 Å². The molecular formula is C17H17NOS. The topological polar surface area (TPSA) is 33.1 Å². The van der Waals surface area contributed by atoms with Crippen molar-refractivity contribution < 1.29 is 5.11 Å². The molecule has 0 radical (unpaired) electrons. The van der Waals surface area contributed by atoms with Crippen LogP contribution in [-0.4, -0.2) is 10.1 Å². The summed E-state index contributed by atoms with van der Waals surface area (Å²) < 4.78 is 1.17. The third kappa shape index (κ3) is 2.47. The molecule has 1 atom stereocenters. The smallest absolute Gasteiger partial charge is 0.0970 e. The van der Waals surface area contributed by atoms with Crippen molar-refractivity contribution in [3.8, 4) is 0 Å². The Balaban J connectivity index is 1.95. The lowest BCUT2D eigenvalue weighted by Crippen LogP contribution is -2.25. The molecule has 0 aliphatic carbocycles. The van der Waals surface area contributed by atoms with E-state index in [-0.39, 0.29) is 0 Å². The maximum Gasteiger partial charge on any atom is 0.0970 e. The Labute approximate surface area is 122 Å². The van der Waals surface area contributed by atoms with E-state index < -0.39 is 5.60 Å². The van der Waals surface area contributed by atoms with E-state index >= 15 is 0 Å². The van der Waals surface area contributed by atoms with Gasteiger partial charge in [-0.1, -0.05) is 36.4 Å². The lowest BCUT2D eigenvalue weighted by atomic mass is 9.89. The van der Waals surface area contributed by atoms with Gasteiger partial charge in [-0.25, -0.2) is 4.98 Å². The summed E-state index contributed by atoms with van der Waals surface area (Å²) in [5.74, 6) is 0. The number of thiazole rings is 1. The predicted octanol–water partition coefficient (Wildman–Crippen LogP) is 4.05. The summed E-state index contributed by atoms with van der Waals surface area (Å²) in [4.78, 5) is 4.61. The van der Waals surface area contributed by atoms with Crippen molar-refractivity contribution in [2.45, 2.75) is 25.9 Å². The number of aryl methyl sites for hydroxylation is 1. The zero-order valence-corrected chi connectivity index (χ0v) is 12.4. The van der Waals surface area contributed by atoms with E-state index in [2.05, 4.69) is 11.1 Å². The van der Waals surface area contributed by atoms with Crippen LogP contribution >= 0.6 is 11.3 Å². The number of hydrogen-bond donors (Lipinski definition) is 1. The highest BCUT2D eigenvalue weighted by Gasteiger charge is 2.26. The second kappa shape index (κ2) is 5.00. The van der Waals surface area contributed by atoms with E-state index in [9.17, 15) is 5.11 Å². The van der Waals surface area contributed by atoms with Crippen molar-refractivity contribution in [3.05, 3.63) is 64.7 Å². The van der Waals surface area contributed by atoms with Crippen molar-refractivity contribution >= 4 is 21.6 Å². The Morgan fingerprint density at radius 2 is 1.80 bits per heavy atom. The first-order valence-electron chi connectivity index (χ1n) is 6.69. The van der Waals surface area contributed by atoms with Crippen LogP contribution in [0.15, 0.2) is 48.5 Å². The van der Waals surface area contributed by atoms with Crippen molar-refractivity contribution in [1.82, 2.24) is 4.98 Å². The van der Waals surface area contributed by atoms with Gasteiger partial charge < -0.3 is 5.11 Å². The SMILES string of the molecule is Cc1ccccc1C(C)(O)Cc1nc2ccccc2s1. The largest absolute Gasteiger partial charge is 0.385 e. The molecule has 1 heterocycles. The second-order valence-electron chi connectivity index (χ2n) is 5.34. The summed E-state index contributed by atoms with van der Waals surface area (Å²) in [6.07, 6.45) is 0.539. The van der Waals surface area contributed by atoms with Crippen LogP contribution in [0.4, 0.5) is 0 Å². The van der Waals surface area contributed by atoms with E-state index in [0.717, 1.165) is 21.7 Å². The standard InChI is InChI=1S/C17H17NOS/c1-12-7-3-4-8-13(12)17(2,19)11-16-18-14-9-5-6-10-15(14)20-16/h3-10,19H,11H2,1-2H3. The average Bonchev–Trinajstić information content (AvgIpc) is 2.80. The number of aliphatic hydroxyl groups is 1. The van der Waals surface area contributed by atoms with Gasteiger partial charge in [0.15, 0.2) is 0 Å². The summed E-state index contributed by atoms with van der Waals surface area (Å²) in [6.45, 7) is 3.89. The first kappa shape index (κ1) is 13.3. The van der Waals surface area contributed by atoms with Gasteiger partial charge in [0.25, 0.3) is 0 Å². The molecule has 0 amide bonds. The Hall–Kier alpha value is -1.71. The van der Waals surface area contributed by atoms with Crippen LogP contribution in [-0.2, 0) is 12.0 Å². The van der Waals surface area contributed by atoms with Gasteiger partial charge in [0.1, 0.15) is 0 Å². The molecule has 3 aromatic rings. The first-order valence-corrected chi connectivity index (χ1v) is 7.51. The summed E-state index contributed by atoms with van der Waals surface area (Å²) in [7, 11) is 0. The fourth-order valence-corrected chi connectivity index (χ4v) is 3.68. The zero-order chi connectivity index (χ0) is 14.2. The van der Waals surface area contributed by atoms with E-state index in [1.807, 2.05) is 56.3 Å². The Bertz CT molecular complexity index is 712. The maximum absolute atomic E-state index is 10.8. The van der Waals surface area contributed by atoms with E-state index in [0.29, 0.717) is 6.42 Å². The lowest BCUT2D eigenvalue weighted by Gasteiger charge is -2.24. The number of fused-ring (bicyclic) bond motifs is 1. The van der Waals surface area contributed by atoms with Gasteiger partial charge in [-0.3, -0.25) is 0 Å². The molecule has 1 unspecified atom stereocenters. The highest BCUT2D eigenvalue weighted by Crippen LogP contribution is 2.31. The van der Waals surface area contributed by atoms with E-state index in [4.69, 9.17) is 0 Å². The minimum atomic E-state index is -0.890. The number of para-hydroxylation sites is 1. The van der Waals surface area contributed by atoms with E-state index in [1.165, 1.54) is 4.70 Å². The average molecular weight is 283 g/mol. The summed E-state index contributed by atoms with van der Waals surface area (Å²) >= 11 is 1.65. The summed E-state index contributed by atoms with van der Waals surface area (Å²) in [5.41, 5.74) is 2.20. The van der Waals surface area contributed by atoms with Crippen LogP contribution < -0.4 is 0 Å². The number of benzene rings is 2. The molecule has 102 valence electrons. The van der Waals surface area contributed by atoms with Crippen LogP contribution in [0.3, 0.4) is 0 Å². The molecule has 2 aromatic carbocycles. The molecule has 20 heavy (non-hydrogen) atoms. The molecule has 0 saturated carbocycles. The predicted molar refractivity (Wildman–Crippen MR) is 84.1 cm³/mol. The van der Waals surface area contributed by atoms with Crippen molar-refractivity contribution in [1.29, 1.82) is 0 Å². The number of aromatic nitrogens is 1. The highest BCUT2D eigenvalue weighted by atomic mass is 32.1. The maximum atomic E-state index is 10.8. The Kier molecular flexibility index (Phi) is 3.32. The fourth-order valence-electron chi connectivity index (χ4n) is 2.56. The van der Waals surface area contributed by atoms with Gasteiger partial charge in [0.05, 0.1) is 20.8 Å². The van der Waals surface area contributed by atoms with Crippen molar-refractivity contribution in [2.75, 3.05) is 0 Å². The highest BCUT2D eigenvalue weighted by molar-refractivity contribution is 7.18. The Morgan fingerprint density at radius 3 is 2.55 bits per heavy atom. The van der Waals surface area contributed by atoms with Gasteiger partial charge in [-0.15, -0.1) is 11.3 Å². The molecule has 1 N–H and O–H groups in total. The quantitative estimate of drug-likeness (QED) is 0.786. The number of hydrogen-bond acceptors (Lipinski definition) is 3. The molecule has 1 aromatic heterocycles. The minimum absolute atomic E-state index is 0.539. The van der Waals surface area contributed by atoms with Crippen LogP contribution in [0, 0.1) is 6.92 Å². The molecule has 3 rings (SSSR count). The van der Waals surface area contributed by atoms with Crippen molar-refractivity contribution in [3.63, 3.8) is 0 Å². The molecular weight excluding hydrogens is 266 g/mol.